The molecule has 0 atom stereocenters. The van der Waals surface area contributed by atoms with Gasteiger partial charge in [-0.25, -0.2) is 4.98 Å². The Morgan fingerprint density at radius 1 is 1.29 bits per heavy atom. The number of pyridine rings is 1. The van der Waals surface area contributed by atoms with Crippen molar-refractivity contribution in [3.8, 4) is 0 Å². The number of aromatic nitrogens is 1. The SMILES string of the molecule is CCCN(CCN(C)C)c1ncc(Cl)cc1N. The first kappa shape index (κ1) is 14.1. The Morgan fingerprint density at radius 2 is 2.00 bits per heavy atom. The van der Waals surface area contributed by atoms with E-state index in [9.17, 15) is 0 Å². The Balaban J connectivity index is 2.81. The summed E-state index contributed by atoms with van der Waals surface area (Å²) in [5, 5.41) is 0.579. The molecule has 4 nitrogen and oxygen atoms in total. The largest absolute Gasteiger partial charge is 0.396 e. The summed E-state index contributed by atoms with van der Waals surface area (Å²) in [4.78, 5) is 8.67. The van der Waals surface area contributed by atoms with Crippen LogP contribution in [0.3, 0.4) is 0 Å². The van der Waals surface area contributed by atoms with Gasteiger partial charge in [-0.3, -0.25) is 0 Å². The predicted octanol–water partition coefficient (Wildman–Crippen LogP) is 2.10. The van der Waals surface area contributed by atoms with Crippen LogP contribution in [-0.4, -0.2) is 43.6 Å². The third-order valence-electron chi connectivity index (χ3n) is 2.47. The van der Waals surface area contributed by atoms with Gasteiger partial charge in [-0.1, -0.05) is 18.5 Å². The molecule has 5 heteroatoms. The van der Waals surface area contributed by atoms with E-state index >= 15 is 0 Å². The highest BCUT2D eigenvalue weighted by atomic mass is 35.5. The standard InChI is InChI=1S/C12H21ClN4/c1-4-5-17(7-6-16(2)3)12-11(14)8-10(13)9-15-12/h8-9H,4-7,14H2,1-3H3. The molecule has 96 valence electrons. The summed E-state index contributed by atoms with van der Waals surface area (Å²) in [6.45, 7) is 4.99. The van der Waals surface area contributed by atoms with Gasteiger partial charge in [0.05, 0.1) is 10.7 Å². The molecule has 0 radical (unpaired) electrons. The minimum atomic E-state index is 0.579. The number of hydrogen-bond donors (Lipinski definition) is 1. The summed E-state index contributed by atoms with van der Waals surface area (Å²) in [6.07, 6.45) is 2.71. The monoisotopic (exact) mass is 256 g/mol. The minimum absolute atomic E-state index is 0.579. The van der Waals surface area contributed by atoms with Crippen LogP contribution < -0.4 is 10.6 Å². The van der Waals surface area contributed by atoms with E-state index in [1.807, 2.05) is 0 Å². The van der Waals surface area contributed by atoms with Gasteiger partial charge in [-0.05, 0) is 26.6 Å². The molecule has 0 unspecified atom stereocenters. The molecule has 1 aromatic rings. The van der Waals surface area contributed by atoms with Crippen LogP contribution in [0.15, 0.2) is 12.3 Å². The predicted molar refractivity (Wildman–Crippen MR) is 74.7 cm³/mol. The van der Waals surface area contributed by atoms with E-state index in [1.54, 1.807) is 12.3 Å². The molecule has 0 aromatic carbocycles. The van der Waals surface area contributed by atoms with E-state index in [0.29, 0.717) is 10.7 Å². The van der Waals surface area contributed by atoms with Crippen LogP contribution in [0.5, 0.6) is 0 Å². The first-order valence-corrected chi connectivity index (χ1v) is 6.23. The van der Waals surface area contributed by atoms with Crippen molar-refractivity contribution in [2.75, 3.05) is 44.4 Å². The molecule has 0 amide bonds. The van der Waals surface area contributed by atoms with Gasteiger partial charge in [0.25, 0.3) is 0 Å². The molecule has 0 spiro atoms. The van der Waals surface area contributed by atoms with Crippen molar-refractivity contribution in [2.45, 2.75) is 13.3 Å². The fourth-order valence-electron chi connectivity index (χ4n) is 1.63. The Bertz CT molecular complexity index is 354. The van der Waals surface area contributed by atoms with Gasteiger partial charge in [0.2, 0.25) is 0 Å². The van der Waals surface area contributed by atoms with Crippen molar-refractivity contribution in [3.05, 3.63) is 17.3 Å². The first-order chi connectivity index (χ1) is 8.04. The van der Waals surface area contributed by atoms with Crippen LogP contribution in [0.1, 0.15) is 13.3 Å². The number of hydrogen-bond acceptors (Lipinski definition) is 4. The average Bonchev–Trinajstić information content (AvgIpc) is 2.24. The second kappa shape index (κ2) is 6.67. The molecule has 17 heavy (non-hydrogen) atoms. The van der Waals surface area contributed by atoms with Crippen molar-refractivity contribution in [1.82, 2.24) is 9.88 Å². The first-order valence-electron chi connectivity index (χ1n) is 5.85. The lowest BCUT2D eigenvalue weighted by Gasteiger charge is -2.26. The van der Waals surface area contributed by atoms with Crippen molar-refractivity contribution in [1.29, 1.82) is 0 Å². The second-order valence-electron chi connectivity index (χ2n) is 4.36. The van der Waals surface area contributed by atoms with Crippen molar-refractivity contribution >= 4 is 23.1 Å². The molecule has 0 aliphatic rings. The van der Waals surface area contributed by atoms with Crippen LogP contribution >= 0.6 is 11.6 Å². The number of nitrogens with zero attached hydrogens (tertiary/aromatic N) is 3. The van der Waals surface area contributed by atoms with Gasteiger partial charge in [-0.2, -0.15) is 0 Å². The number of nitrogen functional groups attached to an aromatic ring is 1. The van der Waals surface area contributed by atoms with Crippen LogP contribution in [0.2, 0.25) is 5.02 Å². The van der Waals surface area contributed by atoms with Crippen molar-refractivity contribution in [2.24, 2.45) is 0 Å². The van der Waals surface area contributed by atoms with Crippen LogP contribution in [-0.2, 0) is 0 Å². The lowest BCUT2D eigenvalue weighted by Crippen LogP contribution is -2.33. The smallest absolute Gasteiger partial charge is 0.151 e. The quantitative estimate of drug-likeness (QED) is 0.847. The number of halogens is 1. The van der Waals surface area contributed by atoms with Gasteiger partial charge in [0, 0.05) is 25.8 Å². The minimum Gasteiger partial charge on any atom is -0.396 e. The molecule has 0 aliphatic heterocycles. The lowest BCUT2D eigenvalue weighted by atomic mass is 10.3. The molecule has 0 aliphatic carbocycles. The zero-order valence-corrected chi connectivity index (χ0v) is 11.5. The molecule has 1 rings (SSSR count). The van der Waals surface area contributed by atoms with E-state index in [0.717, 1.165) is 31.9 Å². The highest BCUT2D eigenvalue weighted by Crippen LogP contribution is 2.23. The summed E-state index contributed by atoms with van der Waals surface area (Å²) in [6, 6.07) is 1.75. The Kier molecular flexibility index (Phi) is 5.51. The van der Waals surface area contributed by atoms with E-state index < -0.39 is 0 Å². The lowest BCUT2D eigenvalue weighted by molar-refractivity contribution is 0.412. The van der Waals surface area contributed by atoms with Gasteiger partial charge in [0.1, 0.15) is 0 Å². The van der Waals surface area contributed by atoms with Crippen molar-refractivity contribution in [3.63, 3.8) is 0 Å². The van der Waals surface area contributed by atoms with Crippen LogP contribution in [0.4, 0.5) is 11.5 Å². The topological polar surface area (TPSA) is 45.4 Å². The third-order valence-corrected chi connectivity index (χ3v) is 2.68. The highest BCUT2D eigenvalue weighted by molar-refractivity contribution is 6.30. The molecular formula is C12H21ClN4. The number of likely N-dealkylation sites (N-methyl/N-ethyl adjacent to an activating group) is 1. The fraction of sp³-hybridized carbons (Fsp3) is 0.583. The number of nitrogens with two attached hydrogens (primary N) is 1. The zero-order chi connectivity index (χ0) is 12.8. The van der Waals surface area contributed by atoms with E-state index in [2.05, 4.69) is 35.8 Å². The molecule has 1 heterocycles. The summed E-state index contributed by atoms with van der Waals surface area (Å²) >= 11 is 5.86. The summed E-state index contributed by atoms with van der Waals surface area (Å²) in [5.41, 5.74) is 6.60. The van der Waals surface area contributed by atoms with Gasteiger partial charge >= 0.3 is 0 Å². The highest BCUT2D eigenvalue weighted by Gasteiger charge is 2.11. The van der Waals surface area contributed by atoms with Crippen LogP contribution in [0.25, 0.3) is 0 Å². The normalized spacial score (nSPS) is 10.9. The summed E-state index contributed by atoms with van der Waals surface area (Å²) < 4.78 is 0. The van der Waals surface area contributed by atoms with Gasteiger partial charge in [0.15, 0.2) is 5.82 Å². The molecular weight excluding hydrogens is 236 g/mol. The van der Waals surface area contributed by atoms with E-state index in [4.69, 9.17) is 17.3 Å². The fourth-order valence-corrected chi connectivity index (χ4v) is 1.79. The van der Waals surface area contributed by atoms with E-state index in [-0.39, 0.29) is 0 Å². The van der Waals surface area contributed by atoms with Gasteiger partial charge < -0.3 is 15.5 Å². The summed E-state index contributed by atoms with van der Waals surface area (Å²) in [5.74, 6) is 0.832. The molecule has 0 fully saturated rings. The van der Waals surface area contributed by atoms with Gasteiger partial charge in [-0.15, -0.1) is 0 Å². The molecule has 0 saturated carbocycles. The molecule has 0 bridgehead atoms. The zero-order valence-electron chi connectivity index (χ0n) is 10.8. The Morgan fingerprint density at radius 3 is 2.53 bits per heavy atom. The Hall–Kier alpha value is -1.00. The maximum atomic E-state index is 5.96. The molecule has 0 saturated heterocycles. The second-order valence-corrected chi connectivity index (χ2v) is 4.79. The van der Waals surface area contributed by atoms with Crippen LogP contribution in [0, 0.1) is 0 Å². The maximum absolute atomic E-state index is 5.96. The number of anilines is 2. The van der Waals surface area contributed by atoms with Crippen molar-refractivity contribution < 1.29 is 0 Å². The Labute approximate surface area is 108 Å². The molecule has 1 aromatic heterocycles. The maximum Gasteiger partial charge on any atom is 0.151 e. The third kappa shape index (κ3) is 4.40. The van der Waals surface area contributed by atoms with E-state index in [1.165, 1.54) is 0 Å². The number of rotatable bonds is 6. The molecule has 2 N–H and O–H groups in total. The summed E-state index contributed by atoms with van der Waals surface area (Å²) in [7, 11) is 4.12. The average molecular weight is 257 g/mol.